The van der Waals surface area contributed by atoms with Crippen LogP contribution in [0.5, 0.6) is 5.75 Å². The van der Waals surface area contributed by atoms with Crippen molar-refractivity contribution in [2.24, 2.45) is 0 Å². The second kappa shape index (κ2) is 10.6. The molecule has 1 fully saturated rings. The van der Waals surface area contributed by atoms with Gasteiger partial charge in [0.25, 0.3) is 0 Å². The van der Waals surface area contributed by atoms with Gasteiger partial charge in [0.1, 0.15) is 10.8 Å². The van der Waals surface area contributed by atoms with Crippen molar-refractivity contribution in [3.63, 3.8) is 0 Å². The van der Waals surface area contributed by atoms with E-state index in [2.05, 4.69) is 38.0 Å². The molecule has 3 aromatic rings. The average Bonchev–Trinajstić information content (AvgIpc) is 3.24. The number of anilines is 2. The van der Waals surface area contributed by atoms with Crippen LogP contribution in [0.3, 0.4) is 0 Å². The fraction of sp³-hybridized carbons (Fsp3) is 0.360. The number of amides is 1. The number of hydrogen-bond donors (Lipinski definition) is 2. The van der Waals surface area contributed by atoms with E-state index in [-0.39, 0.29) is 5.91 Å². The summed E-state index contributed by atoms with van der Waals surface area (Å²) in [6, 6.07) is 16.3. The van der Waals surface area contributed by atoms with Crippen LogP contribution in [0.2, 0.25) is 0 Å². The molecule has 1 aliphatic heterocycles. The maximum absolute atomic E-state index is 12.4. The molecule has 0 radical (unpaired) electrons. The first kappa shape index (κ1) is 22.3. The van der Waals surface area contributed by atoms with Crippen LogP contribution in [0.15, 0.2) is 53.9 Å². The summed E-state index contributed by atoms with van der Waals surface area (Å²) in [5, 5.41) is 9.90. The monoisotopic (exact) mass is 450 g/mol. The van der Waals surface area contributed by atoms with Gasteiger partial charge in [0, 0.05) is 48.1 Å². The van der Waals surface area contributed by atoms with E-state index in [0.29, 0.717) is 12.5 Å². The number of benzene rings is 2. The molecule has 0 atom stereocenters. The van der Waals surface area contributed by atoms with Crippen LogP contribution in [-0.2, 0) is 17.8 Å². The van der Waals surface area contributed by atoms with Crippen molar-refractivity contribution in [1.82, 2.24) is 10.3 Å². The van der Waals surface area contributed by atoms with Crippen molar-refractivity contribution in [3.05, 3.63) is 70.2 Å². The number of aryl methyl sites for hydroxylation is 1. The lowest BCUT2D eigenvalue weighted by Gasteiger charge is -2.34. The summed E-state index contributed by atoms with van der Waals surface area (Å²) in [5.41, 5.74) is 4.08. The smallest absolute Gasteiger partial charge is 0.228 e. The predicted molar refractivity (Wildman–Crippen MR) is 131 cm³/mol. The fourth-order valence-electron chi connectivity index (χ4n) is 3.95. The summed E-state index contributed by atoms with van der Waals surface area (Å²) in [6.07, 6.45) is 2.57. The molecule has 0 spiro atoms. The number of carbonyl (C=O) groups is 1. The van der Waals surface area contributed by atoms with Gasteiger partial charge < -0.3 is 20.3 Å². The number of rotatable bonds is 8. The third-order valence-corrected chi connectivity index (χ3v) is 6.71. The molecule has 1 amide bonds. The van der Waals surface area contributed by atoms with E-state index < -0.39 is 0 Å². The molecule has 0 aliphatic carbocycles. The van der Waals surface area contributed by atoms with Crippen LogP contribution in [0.25, 0.3) is 0 Å². The van der Waals surface area contributed by atoms with Crippen molar-refractivity contribution in [2.75, 3.05) is 30.4 Å². The number of methoxy groups -OCH3 is 1. The molecule has 1 aromatic heterocycles. The number of ether oxygens (including phenoxy) is 1. The zero-order valence-electron chi connectivity index (χ0n) is 18.6. The lowest BCUT2D eigenvalue weighted by Crippen LogP contribution is -2.42. The van der Waals surface area contributed by atoms with Gasteiger partial charge in [-0.3, -0.25) is 4.79 Å². The van der Waals surface area contributed by atoms with E-state index in [4.69, 9.17) is 4.74 Å². The highest BCUT2D eigenvalue weighted by molar-refractivity contribution is 7.09. The van der Waals surface area contributed by atoms with Crippen LogP contribution in [0.4, 0.5) is 11.4 Å². The van der Waals surface area contributed by atoms with Gasteiger partial charge in [-0.1, -0.05) is 12.1 Å². The topological polar surface area (TPSA) is 66.5 Å². The number of nitrogens with zero attached hydrogens (tertiary/aromatic N) is 2. The molecule has 7 heteroatoms. The molecule has 168 valence electrons. The third-order valence-electron chi connectivity index (χ3n) is 5.74. The molecular formula is C25H30N4O2S. The molecular weight excluding hydrogens is 420 g/mol. The Bertz CT molecular complexity index is 1010. The van der Waals surface area contributed by atoms with Crippen LogP contribution < -0.4 is 20.3 Å². The molecule has 1 saturated heterocycles. The van der Waals surface area contributed by atoms with Crippen molar-refractivity contribution < 1.29 is 9.53 Å². The molecule has 2 heterocycles. The first-order valence-electron chi connectivity index (χ1n) is 11.0. The minimum Gasteiger partial charge on any atom is -0.497 e. The molecule has 2 aromatic carbocycles. The second-order valence-electron chi connectivity index (χ2n) is 8.14. The van der Waals surface area contributed by atoms with Gasteiger partial charge in [0.2, 0.25) is 5.91 Å². The summed E-state index contributed by atoms with van der Waals surface area (Å²) in [7, 11) is 1.63. The van der Waals surface area contributed by atoms with Crippen LogP contribution in [0, 0.1) is 6.92 Å². The van der Waals surface area contributed by atoms with Gasteiger partial charge in [-0.05, 0) is 61.7 Å². The molecule has 4 rings (SSSR count). The maximum atomic E-state index is 12.4. The molecule has 0 unspecified atom stereocenters. The van der Waals surface area contributed by atoms with E-state index >= 15 is 0 Å². The quantitative estimate of drug-likeness (QED) is 0.533. The Balaban J connectivity index is 1.22. The molecule has 0 saturated carbocycles. The van der Waals surface area contributed by atoms with Gasteiger partial charge in [0.15, 0.2) is 0 Å². The van der Waals surface area contributed by atoms with Gasteiger partial charge in [-0.25, -0.2) is 4.98 Å². The van der Waals surface area contributed by atoms with E-state index in [9.17, 15) is 4.79 Å². The summed E-state index contributed by atoms with van der Waals surface area (Å²) < 4.78 is 5.16. The number of piperidine rings is 1. The normalized spacial score (nSPS) is 14.4. The van der Waals surface area contributed by atoms with Crippen LogP contribution in [0.1, 0.15) is 29.1 Å². The summed E-state index contributed by atoms with van der Waals surface area (Å²) in [4.78, 5) is 19.3. The van der Waals surface area contributed by atoms with Gasteiger partial charge in [-0.2, -0.15) is 0 Å². The Morgan fingerprint density at radius 2 is 1.84 bits per heavy atom. The van der Waals surface area contributed by atoms with E-state index in [1.807, 2.05) is 43.3 Å². The fourth-order valence-corrected chi connectivity index (χ4v) is 4.67. The van der Waals surface area contributed by atoms with Crippen LogP contribution in [-0.4, -0.2) is 37.1 Å². The number of carbonyl (C=O) groups excluding carboxylic acids is 1. The predicted octanol–water partition coefficient (Wildman–Crippen LogP) is 4.40. The minimum atomic E-state index is -0.0229. The number of nitrogens with one attached hydrogen (secondary N) is 2. The second-order valence-corrected chi connectivity index (χ2v) is 9.09. The zero-order chi connectivity index (χ0) is 22.3. The molecule has 1 aliphatic rings. The van der Waals surface area contributed by atoms with Crippen molar-refractivity contribution >= 4 is 28.6 Å². The third kappa shape index (κ3) is 6.08. The van der Waals surface area contributed by atoms with Gasteiger partial charge in [0.05, 0.1) is 13.5 Å². The zero-order valence-corrected chi connectivity index (χ0v) is 19.5. The summed E-state index contributed by atoms with van der Waals surface area (Å²) in [5.74, 6) is 0.768. The first-order chi connectivity index (χ1) is 15.6. The average molecular weight is 451 g/mol. The number of aromatic nitrogens is 1. The van der Waals surface area contributed by atoms with E-state index in [1.54, 1.807) is 18.4 Å². The van der Waals surface area contributed by atoms with Gasteiger partial charge >= 0.3 is 0 Å². The van der Waals surface area contributed by atoms with Gasteiger partial charge in [-0.15, -0.1) is 11.3 Å². The Hall–Kier alpha value is -2.90. The number of hydrogen-bond acceptors (Lipinski definition) is 6. The summed E-state index contributed by atoms with van der Waals surface area (Å²) >= 11 is 1.72. The lowest BCUT2D eigenvalue weighted by atomic mass is 10.0. The standard InChI is InChI=1S/C25H30N4O2S/c1-18-17-32-25(27-18)16-26-20-11-13-29(14-12-20)22-7-5-21(6-8-22)28-24(30)15-19-3-9-23(31-2)10-4-19/h3-10,17,20,26H,11-16H2,1-2H3,(H,28,30). The highest BCUT2D eigenvalue weighted by atomic mass is 32.1. The lowest BCUT2D eigenvalue weighted by molar-refractivity contribution is -0.115. The van der Waals surface area contributed by atoms with Crippen molar-refractivity contribution in [1.29, 1.82) is 0 Å². The SMILES string of the molecule is COc1ccc(CC(=O)Nc2ccc(N3CCC(NCc4nc(C)cs4)CC3)cc2)cc1. The Kier molecular flexibility index (Phi) is 7.39. The number of thiazole rings is 1. The van der Waals surface area contributed by atoms with E-state index in [0.717, 1.165) is 60.2 Å². The van der Waals surface area contributed by atoms with Crippen molar-refractivity contribution in [2.45, 2.75) is 38.8 Å². The maximum Gasteiger partial charge on any atom is 0.228 e. The van der Waals surface area contributed by atoms with Crippen LogP contribution >= 0.6 is 11.3 Å². The first-order valence-corrected chi connectivity index (χ1v) is 11.9. The molecule has 2 N–H and O–H groups in total. The van der Waals surface area contributed by atoms with E-state index in [1.165, 1.54) is 5.69 Å². The molecule has 32 heavy (non-hydrogen) atoms. The highest BCUT2D eigenvalue weighted by Crippen LogP contribution is 2.23. The Morgan fingerprint density at radius 1 is 1.12 bits per heavy atom. The summed E-state index contributed by atoms with van der Waals surface area (Å²) in [6.45, 7) is 4.94. The molecule has 0 bridgehead atoms. The van der Waals surface area contributed by atoms with Crippen molar-refractivity contribution in [3.8, 4) is 5.75 Å². The minimum absolute atomic E-state index is 0.0229. The Morgan fingerprint density at radius 3 is 2.47 bits per heavy atom. The molecule has 6 nitrogen and oxygen atoms in total. The highest BCUT2D eigenvalue weighted by Gasteiger charge is 2.19. The Labute approximate surface area is 193 Å². The largest absolute Gasteiger partial charge is 0.497 e.